The molecule has 2 heterocycles. The molecule has 2 aromatic heterocycles. The molecule has 0 unspecified atom stereocenters. The molecule has 0 radical (unpaired) electrons. The van der Waals surface area contributed by atoms with Crippen LogP contribution in [0.4, 0.5) is 5.82 Å². The predicted octanol–water partition coefficient (Wildman–Crippen LogP) is 5.03. The van der Waals surface area contributed by atoms with Crippen LogP contribution in [0.5, 0.6) is 0 Å². The Balaban J connectivity index is 1.30. The summed E-state index contributed by atoms with van der Waals surface area (Å²) in [4.78, 5) is 21.3. The van der Waals surface area contributed by atoms with Gasteiger partial charge in [-0.05, 0) is 67.0 Å². The molecule has 2 aliphatic carbocycles. The third-order valence-electron chi connectivity index (χ3n) is 5.45. The van der Waals surface area contributed by atoms with Gasteiger partial charge >= 0.3 is 0 Å². The number of hydrogen-bond acceptors (Lipinski definition) is 5. The van der Waals surface area contributed by atoms with Crippen molar-refractivity contribution in [1.29, 1.82) is 0 Å². The van der Waals surface area contributed by atoms with Crippen molar-refractivity contribution < 1.29 is 4.79 Å². The summed E-state index contributed by atoms with van der Waals surface area (Å²) in [7, 11) is 0. The number of fused-ring (bicyclic) bond motifs is 1. The standard InChI is InChI=1S/C22H23N3OS/c26-19(11-15-4-5-15)16-3-1-2-14(10-16)6-7-17-12-27-21-20(17)23-13-24-22(21)25-18-8-9-18/h1-3,10,12-13,15,18H,4-9,11H2,(H,23,24,25). The summed E-state index contributed by atoms with van der Waals surface area (Å²) in [5.74, 6) is 1.91. The minimum Gasteiger partial charge on any atom is -0.366 e. The lowest BCUT2D eigenvalue weighted by Gasteiger charge is -2.06. The highest BCUT2D eigenvalue weighted by Crippen LogP contribution is 2.34. The summed E-state index contributed by atoms with van der Waals surface area (Å²) in [5.41, 5.74) is 4.43. The summed E-state index contributed by atoms with van der Waals surface area (Å²) >= 11 is 1.73. The molecule has 2 fully saturated rings. The number of aryl methyl sites for hydroxylation is 2. The molecule has 138 valence electrons. The maximum absolute atomic E-state index is 12.4. The molecular weight excluding hydrogens is 354 g/mol. The van der Waals surface area contributed by atoms with Crippen LogP contribution in [0.25, 0.3) is 10.2 Å². The minimum absolute atomic E-state index is 0.295. The fourth-order valence-electron chi connectivity index (χ4n) is 3.48. The quantitative estimate of drug-likeness (QED) is 0.559. The summed E-state index contributed by atoms with van der Waals surface area (Å²) < 4.78 is 1.16. The van der Waals surface area contributed by atoms with Gasteiger partial charge in [-0.25, -0.2) is 9.97 Å². The first kappa shape index (κ1) is 16.9. The van der Waals surface area contributed by atoms with Crippen LogP contribution in [0.3, 0.4) is 0 Å². The highest BCUT2D eigenvalue weighted by molar-refractivity contribution is 7.18. The van der Waals surface area contributed by atoms with Gasteiger partial charge in [-0.3, -0.25) is 4.79 Å². The summed E-state index contributed by atoms with van der Waals surface area (Å²) in [6, 6.07) is 8.76. The monoisotopic (exact) mass is 377 g/mol. The van der Waals surface area contributed by atoms with Crippen molar-refractivity contribution in [2.24, 2.45) is 5.92 Å². The second-order valence-corrected chi connectivity index (χ2v) is 8.73. The average molecular weight is 378 g/mol. The van der Waals surface area contributed by atoms with Gasteiger partial charge in [0.05, 0.1) is 10.2 Å². The van der Waals surface area contributed by atoms with Crippen LogP contribution in [-0.4, -0.2) is 21.8 Å². The van der Waals surface area contributed by atoms with Crippen LogP contribution in [0, 0.1) is 5.92 Å². The van der Waals surface area contributed by atoms with Crippen LogP contribution < -0.4 is 5.32 Å². The van der Waals surface area contributed by atoms with E-state index in [0.717, 1.165) is 34.4 Å². The molecule has 1 aromatic carbocycles. The van der Waals surface area contributed by atoms with E-state index in [4.69, 9.17) is 0 Å². The van der Waals surface area contributed by atoms with E-state index in [0.29, 0.717) is 24.2 Å². The van der Waals surface area contributed by atoms with Gasteiger partial charge < -0.3 is 5.32 Å². The van der Waals surface area contributed by atoms with Gasteiger partial charge in [-0.1, -0.05) is 18.2 Å². The molecule has 5 rings (SSSR count). The normalized spacial score (nSPS) is 16.6. The number of rotatable bonds is 8. The Morgan fingerprint density at radius 3 is 2.85 bits per heavy atom. The molecule has 0 spiro atoms. The van der Waals surface area contributed by atoms with Gasteiger partial charge in [-0.15, -0.1) is 11.3 Å². The zero-order valence-corrected chi connectivity index (χ0v) is 16.1. The molecule has 0 saturated heterocycles. The third kappa shape index (κ3) is 3.88. The first-order chi connectivity index (χ1) is 13.3. The molecule has 1 N–H and O–H groups in total. The molecule has 5 heteroatoms. The van der Waals surface area contributed by atoms with E-state index in [-0.39, 0.29) is 0 Å². The maximum atomic E-state index is 12.4. The Hall–Kier alpha value is -2.27. The second kappa shape index (κ2) is 7.04. The van der Waals surface area contributed by atoms with Crippen molar-refractivity contribution in [2.75, 3.05) is 5.32 Å². The molecule has 27 heavy (non-hydrogen) atoms. The van der Waals surface area contributed by atoms with Gasteiger partial charge in [0.1, 0.15) is 12.1 Å². The highest BCUT2D eigenvalue weighted by atomic mass is 32.1. The molecule has 4 nitrogen and oxygen atoms in total. The first-order valence-corrected chi connectivity index (χ1v) is 10.7. The molecule has 2 aliphatic rings. The van der Waals surface area contributed by atoms with E-state index < -0.39 is 0 Å². The van der Waals surface area contributed by atoms with Crippen molar-refractivity contribution in [3.8, 4) is 0 Å². The first-order valence-electron chi connectivity index (χ1n) is 9.86. The van der Waals surface area contributed by atoms with E-state index in [9.17, 15) is 4.79 Å². The molecule has 3 aromatic rings. The Morgan fingerprint density at radius 1 is 1.15 bits per heavy atom. The fourth-order valence-corrected chi connectivity index (χ4v) is 4.49. The lowest BCUT2D eigenvalue weighted by molar-refractivity contribution is 0.0976. The van der Waals surface area contributed by atoms with Crippen molar-refractivity contribution in [1.82, 2.24) is 9.97 Å². The number of aromatic nitrogens is 2. The van der Waals surface area contributed by atoms with E-state index in [1.165, 1.54) is 36.8 Å². The molecule has 0 aliphatic heterocycles. The van der Waals surface area contributed by atoms with Crippen molar-refractivity contribution >= 4 is 33.2 Å². The van der Waals surface area contributed by atoms with Crippen LogP contribution in [0.1, 0.15) is 53.6 Å². The second-order valence-electron chi connectivity index (χ2n) is 7.85. The number of carbonyl (C=O) groups is 1. The van der Waals surface area contributed by atoms with Gasteiger partial charge in [0, 0.05) is 18.0 Å². The number of thiophene rings is 1. The van der Waals surface area contributed by atoms with Crippen LogP contribution >= 0.6 is 11.3 Å². The molecule has 2 saturated carbocycles. The van der Waals surface area contributed by atoms with Gasteiger partial charge in [0.2, 0.25) is 0 Å². The fraction of sp³-hybridized carbons (Fsp3) is 0.409. The van der Waals surface area contributed by atoms with Gasteiger partial charge in [0.15, 0.2) is 5.78 Å². The number of carbonyl (C=O) groups excluding carboxylic acids is 1. The van der Waals surface area contributed by atoms with Crippen LogP contribution in [0.15, 0.2) is 36.0 Å². The van der Waals surface area contributed by atoms with Gasteiger partial charge in [0.25, 0.3) is 0 Å². The Kier molecular flexibility index (Phi) is 4.40. The van der Waals surface area contributed by atoms with Crippen LogP contribution in [0.2, 0.25) is 0 Å². The third-order valence-corrected chi connectivity index (χ3v) is 6.47. The van der Waals surface area contributed by atoms with Crippen molar-refractivity contribution in [3.05, 3.63) is 52.7 Å². The van der Waals surface area contributed by atoms with E-state index in [1.54, 1.807) is 17.7 Å². The summed E-state index contributed by atoms with van der Waals surface area (Å²) in [6.07, 6.45) is 9.14. The molecule has 0 amide bonds. The Morgan fingerprint density at radius 2 is 2.04 bits per heavy atom. The predicted molar refractivity (Wildman–Crippen MR) is 110 cm³/mol. The average Bonchev–Trinajstić information content (AvgIpc) is 3.61. The van der Waals surface area contributed by atoms with Crippen molar-refractivity contribution in [2.45, 2.75) is 51.0 Å². The number of benzene rings is 1. The molecule has 0 atom stereocenters. The minimum atomic E-state index is 0.295. The van der Waals surface area contributed by atoms with E-state index in [1.807, 2.05) is 12.1 Å². The SMILES string of the molecule is O=C(CC1CC1)c1cccc(CCc2csc3c(NC4CC4)ncnc23)c1. The lowest BCUT2D eigenvalue weighted by Crippen LogP contribution is -2.03. The van der Waals surface area contributed by atoms with Crippen LogP contribution in [-0.2, 0) is 12.8 Å². The zero-order valence-electron chi connectivity index (χ0n) is 15.3. The number of anilines is 1. The maximum Gasteiger partial charge on any atom is 0.163 e. The smallest absolute Gasteiger partial charge is 0.163 e. The van der Waals surface area contributed by atoms with E-state index in [2.05, 4.69) is 32.8 Å². The zero-order chi connectivity index (χ0) is 18.2. The Labute approximate surface area is 163 Å². The van der Waals surface area contributed by atoms with Gasteiger partial charge in [-0.2, -0.15) is 0 Å². The topological polar surface area (TPSA) is 54.9 Å². The summed E-state index contributed by atoms with van der Waals surface area (Å²) in [5, 5.41) is 5.72. The number of hydrogen-bond donors (Lipinski definition) is 1. The highest BCUT2D eigenvalue weighted by Gasteiger charge is 2.25. The lowest BCUT2D eigenvalue weighted by atomic mass is 10.00. The number of nitrogens with zero attached hydrogens (tertiary/aromatic N) is 2. The molecular formula is C22H23N3OS. The number of ketones is 1. The largest absolute Gasteiger partial charge is 0.366 e. The number of nitrogens with one attached hydrogen (secondary N) is 1. The number of Topliss-reactive ketones (excluding diaryl/α,β-unsaturated/α-hetero) is 1. The summed E-state index contributed by atoms with van der Waals surface area (Å²) in [6.45, 7) is 0. The molecule has 0 bridgehead atoms. The Bertz CT molecular complexity index is 988. The van der Waals surface area contributed by atoms with E-state index >= 15 is 0 Å². The van der Waals surface area contributed by atoms with Crippen molar-refractivity contribution in [3.63, 3.8) is 0 Å².